The van der Waals surface area contributed by atoms with Gasteiger partial charge in [0, 0.05) is 20.1 Å². The third-order valence-electron chi connectivity index (χ3n) is 3.46. The molecule has 2 rings (SSSR count). The maximum absolute atomic E-state index is 12.4. The first-order valence-electron chi connectivity index (χ1n) is 7.01. The molecule has 1 unspecified atom stereocenters. The predicted octanol–water partition coefficient (Wildman–Crippen LogP) is 0.832. The van der Waals surface area contributed by atoms with Gasteiger partial charge in [-0.1, -0.05) is 13.8 Å². The van der Waals surface area contributed by atoms with Crippen molar-refractivity contribution >= 4 is 10.2 Å². The van der Waals surface area contributed by atoms with Crippen LogP contribution >= 0.6 is 0 Å². The summed E-state index contributed by atoms with van der Waals surface area (Å²) in [6.07, 6.45) is 4.01. The fraction of sp³-hybridized carbons (Fsp3) is 0.833. The molecule has 0 aromatic carbocycles. The molecule has 1 atom stereocenters. The van der Waals surface area contributed by atoms with Crippen LogP contribution in [0.5, 0.6) is 0 Å². The van der Waals surface area contributed by atoms with Gasteiger partial charge in [-0.3, -0.25) is 4.68 Å². The van der Waals surface area contributed by atoms with E-state index >= 15 is 0 Å². The highest BCUT2D eigenvalue weighted by Gasteiger charge is 2.30. The second-order valence-corrected chi connectivity index (χ2v) is 7.36. The van der Waals surface area contributed by atoms with Crippen LogP contribution in [0, 0.1) is 5.92 Å². The van der Waals surface area contributed by atoms with E-state index in [4.69, 9.17) is 0 Å². The summed E-state index contributed by atoms with van der Waals surface area (Å²) in [5, 5.41) is 4.03. The zero-order chi connectivity index (χ0) is 14.8. The van der Waals surface area contributed by atoms with E-state index in [0.717, 1.165) is 12.8 Å². The standard InChI is InChI=1S/C12H23N5O2S/c1-10(2)8-11(12-13-9-14-16(12)3)15-20(18,19)17-6-4-5-7-17/h9-11,15H,4-8H2,1-3H3. The van der Waals surface area contributed by atoms with Crippen molar-refractivity contribution in [2.45, 2.75) is 39.2 Å². The summed E-state index contributed by atoms with van der Waals surface area (Å²) in [7, 11) is -1.67. The monoisotopic (exact) mass is 301 g/mol. The van der Waals surface area contributed by atoms with E-state index in [9.17, 15) is 8.42 Å². The van der Waals surface area contributed by atoms with Crippen molar-refractivity contribution in [3.05, 3.63) is 12.2 Å². The number of nitrogens with zero attached hydrogens (tertiary/aromatic N) is 4. The van der Waals surface area contributed by atoms with Gasteiger partial charge in [0.2, 0.25) is 0 Å². The van der Waals surface area contributed by atoms with Gasteiger partial charge < -0.3 is 0 Å². The van der Waals surface area contributed by atoms with Gasteiger partial charge in [0.25, 0.3) is 10.2 Å². The van der Waals surface area contributed by atoms with Crippen LogP contribution in [0.25, 0.3) is 0 Å². The Morgan fingerprint density at radius 3 is 2.50 bits per heavy atom. The molecule has 1 aliphatic rings. The molecule has 1 aliphatic heterocycles. The van der Waals surface area contributed by atoms with Crippen LogP contribution in [0.15, 0.2) is 6.33 Å². The second kappa shape index (κ2) is 6.19. The van der Waals surface area contributed by atoms with E-state index in [1.54, 1.807) is 11.7 Å². The zero-order valence-corrected chi connectivity index (χ0v) is 13.1. The zero-order valence-electron chi connectivity index (χ0n) is 12.3. The SMILES string of the molecule is CC(C)CC(NS(=O)(=O)N1CCCC1)c1ncnn1C. The molecule has 8 heteroatoms. The second-order valence-electron chi connectivity index (χ2n) is 5.65. The molecular weight excluding hydrogens is 278 g/mol. The highest BCUT2D eigenvalue weighted by molar-refractivity contribution is 7.87. The van der Waals surface area contributed by atoms with Crippen molar-refractivity contribution in [3.8, 4) is 0 Å². The van der Waals surface area contributed by atoms with Crippen molar-refractivity contribution in [1.29, 1.82) is 0 Å². The molecular formula is C12H23N5O2S. The average Bonchev–Trinajstić information content (AvgIpc) is 2.97. The van der Waals surface area contributed by atoms with Crippen LogP contribution in [-0.4, -0.2) is 40.6 Å². The maximum atomic E-state index is 12.4. The van der Waals surface area contributed by atoms with Crippen LogP contribution in [0.3, 0.4) is 0 Å². The van der Waals surface area contributed by atoms with E-state index < -0.39 is 10.2 Å². The smallest absolute Gasteiger partial charge is 0.252 e. The molecule has 1 N–H and O–H groups in total. The van der Waals surface area contributed by atoms with Gasteiger partial charge in [-0.05, 0) is 25.2 Å². The van der Waals surface area contributed by atoms with Crippen LogP contribution in [0.4, 0.5) is 0 Å². The fourth-order valence-corrected chi connectivity index (χ4v) is 3.93. The Kier molecular flexibility index (Phi) is 4.77. The third kappa shape index (κ3) is 3.56. The van der Waals surface area contributed by atoms with Crippen molar-refractivity contribution in [2.75, 3.05) is 13.1 Å². The van der Waals surface area contributed by atoms with E-state index in [0.29, 0.717) is 31.3 Å². The Morgan fingerprint density at radius 1 is 1.35 bits per heavy atom. The van der Waals surface area contributed by atoms with Crippen molar-refractivity contribution < 1.29 is 8.42 Å². The summed E-state index contributed by atoms with van der Waals surface area (Å²) >= 11 is 0. The molecule has 0 spiro atoms. The van der Waals surface area contributed by atoms with E-state index in [1.807, 2.05) is 0 Å². The fourth-order valence-electron chi connectivity index (χ4n) is 2.48. The normalized spacial score (nSPS) is 18.8. The number of hydrogen-bond donors (Lipinski definition) is 1. The number of aromatic nitrogens is 3. The lowest BCUT2D eigenvalue weighted by Crippen LogP contribution is -2.41. The first-order valence-corrected chi connectivity index (χ1v) is 8.45. The molecule has 1 saturated heterocycles. The Bertz CT molecular complexity index is 534. The Balaban J connectivity index is 2.17. The lowest BCUT2D eigenvalue weighted by molar-refractivity contribution is 0.413. The Morgan fingerprint density at radius 2 is 2.00 bits per heavy atom. The first kappa shape index (κ1) is 15.4. The molecule has 0 bridgehead atoms. The minimum Gasteiger partial charge on any atom is -0.252 e. The molecule has 0 aliphatic carbocycles. The van der Waals surface area contributed by atoms with Gasteiger partial charge in [-0.25, -0.2) is 4.98 Å². The summed E-state index contributed by atoms with van der Waals surface area (Å²) < 4.78 is 30.7. The summed E-state index contributed by atoms with van der Waals surface area (Å²) in [6, 6.07) is -0.340. The minimum atomic E-state index is -3.45. The van der Waals surface area contributed by atoms with E-state index in [-0.39, 0.29) is 6.04 Å². The number of hydrogen-bond acceptors (Lipinski definition) is 4. The number of rotatable bonds is 6. The van der Waals surface area contributed by atoms with Crippen LogP contribution < -0.4 is 4.72 Å². The Labute approximate surface area is 120 Å². The lowest BCUT2D eigenvalue weighted by atomic mass is 10.0. The van der Waals surface area contributed by atoms with Crippen LogP contribution in [-0.2, 0) is 17.3 Å². The van der Waals surface area contributed by atoms with Crippen molar-refractivity contribution in [1.82, 2.24) is 23.8 Å². The topological polar surface area (TPSA) is 80.1 Å². The number of aryl methyl sites for hydroxylation is 1. The highest BCUT2D eigenvalue weighted by Crippen LogP contribution is 2.22. The molecule has 1 fully saturated rings. The molecule has 1 aromatic rings. The van der Waals surface area contributed by atoms with Gasteiger partial charge in [0.1, 0.15) is 12.2 Å². The molecule has 20 heavy (non-hydrogen) atoms. The largest absolute Gasteiger partial charge is 0.280 e. The maximum Gasteiger partial charge on any atom is 0.280 e. The lowest BCUT2D eigenvalue weighted by Gasteiger charge is -2.23. The molecule has 1 aromatic heterocycles. The quantitative estimate of drug-likeness (QED) is 0.844. The van der Waals surface area contributed by atoms with Crippen LogP contribution in [0.1, 0.15) is 45.0 Å². The summed E-state index contributed by atoms with van der Waals surface area (Å²) in [6.45, 7) is 5.33. The summed E-state index contributed by atoms with van der Waals surface area (Å²) in [5.74, 6) is 1.01. The van der Waals surface area contributed by atoms with E-state index in [1.165, 1.54) is 10.6 Å². The molecule has 114 valence electrons. The van der Waals surface area contributed by atoms with Gasteiger partial charge in [0.05, 0.1) is 6.04 Å². The molecule has 2 heterocycles. The molecule has 0 amide bonds. The van der Waals surface area contributed by atoms with E-state index in [2.05, 4.69) is 28.7 Å². The third-order valence-corrected chi connectivity index (χ3v) is 5.09. The van der Waals surface area contributed by atoms with Gasteiger partial charge >= 0.3 is 0 Å². The van der Waals surface area contributed by atoms with Crippen molar-refractivity contribution in [2.24, 2.45) is 13.0 Å². The molecule has 7 nitrogen and oxygen atoms in total. The molecule has 0 saturated carbocycles. The summed E-state index contributed by atoms with van der Waals surface area (Å²) in [4.78, 5) is 4.19. The number of nitrogens with one attached hydrogen (secondary N) is 1. The highest BCUT2D eigenvalue weighted by atomic mass is 32.2. The Hall–Kier alpha value is -0.990. The predicted molar refractivity (Wildman–Crippen MR) is 76.1 cm³/mol. The van der Waals surface area contributed by atoms with Gasteiger partial charge in [-0.2, -0.15) is 22.5 Å². The summed E-state index contributed by atoms with van der Waals surface area (Å²) in [5.41, 5.74) is 0. The van der Waals surface area contributed by atoms with Gasteiger partial charge in [-0.15, -0.1) is 0 Å². The first-order chi connectivity index (χ1) is 9.40. The minimum absolute atomic E-state index is 0.340. The average molecular weight is 301 g/mol. The van der Waals surface area contributed by atoms with Gasteiger partial charge in [0.15, 0.2) is 0 Å². The van der Waals surface area contributed by atoms with Crippen LogP contribution in [0.2, 0.25) is 0 Å². The van der Waals surface area contributed by atoms with Crippen molar-refractivity contribution in [3.63, 3.8) is 0 Å². The molecule has 0 radical (unpaired) electrons.